The largest absolute Gasteiger partial charge is 0.744 e. The predicted octanol–water partition coefficient (Wildman–Crippen LogP) is 5.51. The molecule has 0 radical (unpaired) electrons. The third-order valence-corrected chi connectivity index (χ3v) is 12.1. The van der Waals surface area contributed by atoms with Crippen LogP contribution in [-0.2, 0) is 45.4 Å². The number of unbranched alkanes of at least 4 members (excludes halogenated alkanes) is 4. The van der Waals surface area contributed by atoms with Crippen molar-refractivity contribution in [3.05, 3.63) is 82.3 Å². The number of allylic oxidation sites excluding steroid dienone is 5. The molecular weight excluding hydrogens is 741 g/mol. The zero-order valence-electron chi connectivity index (χ0n) is 30.5. The van der Waals surface area contributed by atoms with Crippen LogP contribution in [0.15, 0.2) is 80.9 Å². The maximum Gasteiger partial charge on any atom is 0.303 e. The molecule has 0 saturated heterocycles. The van der Waals surface area contributed by atoms with E-state index in [1.54, 1.807) is 18.2 Å². The van der Waals surface area contributed by atoms with E-state index in [-0.39, 0.29) is 34.6 Å². The van der Waals surface area contributed by atoms with Gasteiger partial charge < -0.3 is 24.8 Å². The number of ketones is 1. The molecule has 2 aromatic rings. The third-order valence-electron chi connectivity index (χ3n) is 10.4. The zero-order valence-corrected chi connectivity index (χ0v) is 32.1. The van der Waals surface area contributed by atoms with E-state index in [0.29, 0.717) is 85.5 Å². The van der Waals surface area contributed by atoms with Gasteiger partial charge in [0.2, 0.25) is 11.5 Å². The topological polar surface area (TPSA) is 230 Å². The van der Waals surface area contributed by atoms with Crippen molar-refractivity contribution in [2.24, 2.45) is 0 Å². The predicted molar refractivity (Wildman–Crippen MR) is 197 cm³/mol. The highest BCUT2D eigenvalue weighted by Crippen LogP contribution is 2.50. The maximum atomic E-state index is 13.9. The van der Waals surface area contributed by atoms with E-state index in [9.17, 15) is 45.4 Å². The van der Waals surface area contributed by atoms with Crippen molar-refractivity contribution in [3.63, 3.8) is 0 Å². The lowest BCUT2D eigenvalue weighted by Gasteiger charge is -2.29. The third kappa shape index (κ3) is 7.92. The highest BCUT2D eigenvalue weighted by Gasteiger charge is 2.47. The number of benzene rings is 2. The number of fused-ring (bicyclic) bond motifs is 2. The Morgan fingerprint density at radius 1 is 0.815 bits per heavy atom. The quantitative estimate of drug-likeness (QED) is 0.0714. The van der Waals surface area contributed by atoms with Crippen LogP contribution < -0.4 is 4.90 Å². The van der Waals surface area contributed by atoms with Gasteiger partial charge in [-0.05, 0) is 81.5 Å². The Balaban J connectivity index is 1.55. The van der Waals surface area contributed by atoms with Crippen molar-refractivity contribution in [3.8, 4) is 0 Å². The van der Waals surface area contributed by atoms with E-state index in [2.05, 4.69) is 0 Å². The van der Waals surface area contributed by atoms with Crippen LogP contribution in [0.25, 0.3) is 0 Å². The molecule has 5 rings (SSSR count). The molecule has 3 aliphatic rings. The van der Waals surface area contributed by atoms with Crippen LogP contribution >= 0.6 is 0 Å². The van der Waals surface area contributed by atoms with Gasteiger partial charge in [0, 0.05) is 60.3 Å². The van der Waals surface area contributed by atoms with E-state index in [1.807, 2.05) is 37.2 Å². The van der Waals surface area contributed by atoms with Crippen LogP contribution in [0, 0.1) is 0 Å². The first-order valence-corrected chi connectivity index (χ1v) is 20.4. The van der Waals surface area contributed by atoms with Crippen molar-refractivity contribution in [2.75, 3.05) is 18.0 Å². The van der Waals surface area contributed by atoms with E-state index < -0.39 is 53.7 Å². The number of hydrogen-bond acceptors (Lipinski definition) is 10. The molecule has 0 amide bonds. The Hall–Kier alpha value is -4.64. The van der Waals surface area contributed by atoms with Gasteiger partial charge in [-0.1, -0.05) is 20.3 Å². The molecule has 14 nitrogen and oxygen atoms in total. The van der Waals surface area contributed by atoms with E-state index in [1.165, 1.54) is 30.3 Å². The minimum absolute atomic E-state index is 0.00457. The molecule has 2 aromatic carbocycles. The molecule has 2 heterocycles. The number of aliphatic carboxylic acids is 2. The number of aliphatic hydroxyl groups excluding tert-OH is 1. The lowest BCUT2D eigenvalue weighted by Crippen LogP contribution is -2.32. The van der Waals surface area contributed by atoms with Crippen molar-refractivity contribution >= 4 is 55.0 Å². The summed E-state index contributed by atoms with van der Waals surface area (Å²) in [5.74, 6) is -2.58. The van der Waals surface area contributed by atoms with E-state index in [4.69, 9.17) is 10.2 Å². The summed E-state index contributed by atoms with van der Waals surface area (Å²) in [6, 6.07) is 8.29. The number of carbonyl (C=O) groups excluding carboxylic acids is 1. The number of nitrogens with zero attached hydrogens (tertiary/aromatic N) is 2. The van der Waals surface area contributed by atoms with Gasteiger partial charge in [-0.2, -0.15) is 13.0 Å². The summed E-state index contributed by atoms with van der Waals surface area (Å²) in [5.41, 5.74) is 1.69. The van der Waals surface area contributed by atoms with Crippen molar-refractivity contribution in [1.29, 1.82) is 0 Å². The molecule has 0 spiro atoms. The molecule has 1 aliphatic carbocycles. The van der Waals surface area contributed by atoms with Crippen molar-refractivity contribution < 1.29 is 60.2 Å². The number of Topliss-reactive ketones (excluding diaryl/α,β-unsaturated/α-hetero) is 1. The first-order valence-electron chi connectivity index (χ1n) is 17.6. The minimum atomic E-state index is -4.78. The summed E-state index contributed by atoms with van der Waals surface area (Å²) < 4.78 is 71.5. The van der Waals surface area contributed by atoms with Crippen molar-refractivity contribution in [2.45, 2.75) is 99.7 Å². The summed E-state index contributed by atoms with van der Waals surface area (Å²) in [4.78, 5) is 37.2. The summed E-state index contributed by atoms with van der Waals surface area (Å²) in [6.45, 7) is 8.05. The second kappa shape index (κ2) is 14.9. The van der Waals surface area contributed by atoms with Crippen LogP contribution in [0.4, 0.5) is 11.4 Å². The van der Waals surface area contributed by atoms with Crippen LogP contribution in [0.1, 0.15) is 90.2 Å². The molecule has 290 valence electrons. The summed E-state index contributed by atoms with van der Waals surface area (Å²) in [6.07, 6.45) is 6.32. The molecule has 0 saturated carbocycles. The second-order valence-corrected chi connectivity index (χ2v) is 17.6. The monoisotopic (exact) mass is 784 g/mol. The average Bonchev–Trinajstić information content (AvgIpc) is 3.41. The number of carboxylic acid groups (broad SMARTS) is 2. The molecule has 0 fully saturated rings. The second-order valence-electron chi connectivity index (χ2n) is 14.8. The normalized spacial score (nSPS) is 19.1. The van der Waals surface area contributed by atoms with Crippen molar-refractivity contribution in [1.82, 2.24) is 0 Å². The highest BCUT2D eigenvalue weighted by molar-refractivity contribution is 7.86. The Morgan fingerprint density at radius 2 is 1.41 bits per heavy atom. The SMILES string of the molecule is CC1(C)C(/C=C2/C(=O)C(/C=C3\N(CCCCCC(=O)O)c4ccc(S(=O)(=O)O)cc4C3(C)C)=C2O)=[N+](CCCCCC(=O)O)c2ccc(S(=O)(=O)[O-])cc21. The van der Waals surface area contributed by atoms with Crippen LogP contribution in [0.2, 0.25) is 0 Å². The average molecular weight is 785 g/mol. The Kier molecular flexibility index (Phi) is 11.2. The summed E-state index contributed by atoms with van der Waals surface area (Å²) in [7, 11) is -9.31. The molecule has 4 N–H and O–H groups in total. The Bertz CT molecular complexity index is 2280. The Morgan fingerprint density at radius 3 is 1.98 bits per heavy atom. The first-order chi connectivity index (χ1) is 25.1. The number of carbonyl (C=O) groups is 3. The lowest BCUT2D eigenvalue weighted by molar-refractivity contribution is -0.438. The maximum absolute atomic E-state index is 13.9. The number of aliphatic hydroxyl groups is 1. The minimum Gasteiger partial charge on any atom is -0.744 e. The van der Waals surface area contributed by atoms with Gasteiger partial charge in [-0.25, -0.2) is 8.42 Å². The first kappa shape index (κ1) is 40.5. The molecular formula is C38H44N2O12S2. The molecule has 0 atom stereocenters. The summed E-state index contributed by atoms with van der Waals surface area (Å²) in [5, 5.41) is 29.5. The van der Waals surface area contributed by atoms with Gasteiger partial charge in [-0.15, -0.1) is 0 Å². The molecule has 2 aliphatic heterocycles. The molecule has 54 heavy (non-hydrogen) atoms. The standard InChI is InChI=1S/C38H44N2O12S2/c1-37(2)27-19-23(53(47,48)49)13-15-29(27)39(17-9-5-7-11-33(41)42)31(37)21-25-35(45)26(36(25)46)22-32-38(3,4)28-20-24(54(50,51)52)14-16-30(28)40(32)18-10-6-8-12-34(43)44/h13-16,19-22H,5-12,17-18H2,1-4H3,(H4-,41,42,43,44,45,46,47,48,49,50,51,52). The fourth-order valence-electron chi connectivity index (χ4n) is 7.46. The van der Waals surface area contributed by atoms with E-state index >= 15 is 0 Å². The van der Waals surface area contributed by atoms with Crippen LogP contribution in [0.5, 0.6) is 0 Å². The number of rotatable bonds is 16. The van der Waals surface area contributed by atoms with Gasteiger partial charge in [0.15, 0.2) is 5.71 Å². The number of hydrogen-bond donors (Lipinski definition) is 4. The smallest absolute Gasteiger partial charge is 0.303 e. The molecule has 0 unspecified atom stereocenters. The van der Waals surface area contributed by atoms with Gasteiger partial charge in [0.1, 0.15) is 22.4 Å². The molecule has 0 aromatic heterocycles. The van der Waals surface area contributed by atoms with E-state index in [0.717, 1.165) is 0 Å². The summed E-state index contributed by atoms with van der Waals surface area (Å²) >= 11 is 0. The number of anilines is 1. The van der Waals surface area contributed by atoms with Gasteiger partial charge in [0.05, 0.1) is 26.4 Å². The molecule has 0 bridgehead atoms. The lowest BCUT2D eigenvalue weighted by atomic mass is 9.77. The van der Waals surface area contributed by atoms with Crippen LogP contribution in [0.3, 0.4) is 0 Å². The van der Waals surface area contributed by atoms with Crippen LogP contribution in [-0.4, -0.2) is 82.4 Å². The highest BCUT2D eigenvalue weighted by atomic mass is 32.2. The molecule has 16 heteroatoms. The fourth-order valence-corrected chi connectivity index (χ4v) is 8.46. The van der Waals surface area contributed by atoms with Gasteiger partial charge in [-0.3, -0.25) is 18.9 Å². The number of carboxylic acids is 2. The van der Waals surface area contributed by atoms with Gasteiger partial charge in [0.25, 0.3) is 10.1 Å². The Labute approximate surface area is 314 Å². The zero-order chi connectivity index (χ0) is 40.0. The fraction of sp³-hybridized carbons (Fsp3) is 0.421. The van der Waals surface area contributed by atoms with Gasteiger partial charge >= 0.3 is 11.9 Å².